The van der Waals surface area contributed by atoms with E-state index in [0.29, 0.717) is 11.8 Å². The number of amides is 1. The Hall–Kier alpha value is -0.840. The molecule has 2 unspecified atom stereocenters. The molecule has 1 heterocycles. The predicted molar refractivity (Wildman–Crippen MR) is 79.6 cm³/mol. The third-order valence-corrected chi connectivity index (χ3v) is 5.11. The second-order valence-electron chi connectivity index (χ2n) is 5.48. The molecule has 1 aromatic rings. The maximum atomic E-state index is 12.3. The zero-order valence-electron chi connectivity index (χ0n) is 11.9. The van der Waals surface area contributed by atoms with Crippen molar-refractivity contribution < 1.29 is 4.79 Å². The molecule has 5 heteroatoms. The molecule has 2 atom stereocenters. The van der Waals surface area contributed by atoms with Gasteiger partial charge in [0.25, 0.3) is 5.91 Å². The molecular formula is C14H22BrN3O. The zero-order chi connectivity index (χ0) is 14.0. The van der Waals surface area contributed by atoms with Gasteiger partial charge in [0.2, 0.25) is 0 Å². The molecule has 0 aliphatic heterocycles. The number of carbonyl (C=O) groups is 1. The van der Waals surface area contributed by atoms with Crippen LogP contribution < -0.4 is 5.32 Å². The second-order valence-corrected chi connectivity index (χ2v) is 6.13. The van der Waals surface area contributed by atoms with E-state index in [1.165, 1.54) is 19.3 Å². The Morgan fingerprint density at radius 3 is 2.68 bits per heavy atom. The van der Waals surface area contributed by atoms with Crippen molar-refractivity contribution in [2.45, 2.75) is 33.1 Å². The van der Waals surface area contributed by atoms with Gasteiger partial charge in [-0.15, -0.1) is 0 Å². The lowest BCUT2D eigenvalue weighted by Crippen LogP contribution is -2.31. The lowest BCUT2D eigenvalue weighted by molar-refractivity contribution is 0.0943. The summed E-state index contributed by atoms with van der Waals surface area (Å²) in [5.41, 5.74) is 2.47. The molecule has 106 valence electrons. The number of hydrogen-bond donors (Lipinski definition) is 1. The van der Waals surface area contributed by atoms with Crippen molar-refractivity contribution in [2.24, 2.45) is 18.9 Å². The van der Waals surface area contributed by atoms with Crippen molar-refractivity contribution in [2.75, 3.05) is 11.9 Å². The van der Waals surface area contributed by atoms with Gasteiger partial charge in [0.1, 0.15) is 0 Å². The number of nitrogens with zero attached hydrogens (tertiary/aromatic N) is 2. The third-order valence-electron chi connectivity index (χ3n) is 4.28. The highest BCUT2D eigenvalue weighted by atomic mass is 79.9. The first-order valence-electron chi connectivity index (χ1n) is 6.89. The monoisotopic (exact) mass is 327 g/mol. The minimum atomic E-state index is 0.0170. The fourth-order valence-electron chi connectivity index (χ4n) is 3.00. The fraction of sp³-hybridized carbons (Fsp3) is 0.714. The molecule has 0 spiro atoms. The smallest absolute Gasteiger partial charge is 0.255 e. The van der Waals surface area contributed by atoms with Gasteiger partial charge in [0.15, 0.2) is 0 Å². The summed E-state index contributed by atoms with van der Waals surface area (Å²) >= 11 is 3.57. The van der Waals surface area contributed by atoms with Gasteiger partial charge in [0.05, 0.1) is 11.3 Å². The Morgan fingerprint density at radius 1 is 1.42 bits per heavy atom. The highest BCUT2D eigenvalue weighted by molar-refractivity contribution is 9.09. The number of halogens is 1. The predicted octanol–water partition coefficient (Wildman–Crippen LogP) is 2.58. The van der Waals surface area contributed by atoms with E-state index in [1.54, 1.807) is 4.68 Å². The van der Waals surface area contributed by atoms with Crippen LogP contribution in [0.25, 0.3) is 0 Å². The van der Waals surface area contributed by atoms with Crippen LogP contribution in [0.15, 0.2) is 0 Å². The molecular weight excluding hydrogens is 306 g/mol. The van der Waals surface area contributed by atoms with E-state index in [0.717, 1.165) is 28.8 Å². The molecule has 2 rings (SSSR count). The summed E-state index contributed by atoms with van der Waals surface area (Å²) in [6.45, 7) is 4.60. The molecule has 1 aliphatic carbocycles. The van der Waals surface area contributed by atoms with Gasteiger partial charge < -0.3 is 5.32 Å². The summed E-state index contributed by atoms with van der Waals surface area (Å²) in [6, 6.07) is 0. The molecule has 0 bridgehead atoms. The maximum Gasteiger partial charge on any atom is 0.255 e. The Kier molecular flexibility index (Phi) is 4.66. The molecule has 1 amide bonds. The Bertz CT molecular complexity index is 470. The summed E-state index contributed by atoms with van der Waals surface area (Å²) < 4.78 is 1.76. The topological polar surface area (TPSA) is 46.9 Å². The van der Waals surface area contributed by atoms with Crippen LogP contribution in [0.4, 0.5) is 0 Å². The molecule has 1 N–H and O–H groups in total. The Morgan fingerprint density at radius 2 is 2.11 bits per heavy atom. The van der Waals surface area contributed by atoms with E-state index < -0.39 is 0 Å². The van der Waals surface area contributed by atoms with Crippen LogP contribution >= 0.6 is 15.9 Å². The quantitative estimate of drug-likeness (QED) is 0.864. The summed E-state index contributed by atoms with van der Waals surface area (Å²) in [5.74, 6) is 1.33. The molecule has 19 heavy (non-hydrogen) atoms. The first-order chi connectivity index (χ1) is 9.04. The van der Waals surface area contributed by atoms with Crippen molar-refractivity contribution >= 4 is 21.8 Å². The van der Waals surface area contributed by atoms with Crippen molar-refractivity contribution in [3.63, 3.8) is 0 Å². The van der Waals surface area contributed by atoms with E-state index in [1.807, 2.05) is 20.9 Å². The van der Waals surface area contributed by atoms with Crippen LogP contribution in [0.5, 0.6) is 0 Å². The van der Waals surface area contributed by atoms with Gasteiger partial charge in [-0.3, -0.25) is 9.48 Å². The van der Waals surface area contributed by atoms with Crippen molar-refractivity contribution in [3.8, 4) is 0 Å². The van der Waals surface area contributed by atoms with E-state index >= 15 is 0 Å². The molecule has 0 aromatic carbocycles. The molecule has 1 saturated carbocycles. The summed E-state index contributed by atoms with van der Waals surface area (Å²) in [4.78, 5) is 12.3. The largest absolute Gasteiger partial charge is 0.352 e. The molecule has 0 radical (unpaired) electrons. The van der Waals surface area contributed by atoms with Crippen LogP contribution in [-0.4, -0.2) is 27.6 Å². The summed E-state index contributed by atoms with van der Waals surface area (Å²) in [7, 11) is 1.87. The first kappa shape index (κ1) is 14.6. The first-order valence-corrected chi connectivity index (χ1v) is 8.01. The zero-order valence-corrected chi connectivity index (χ0v) is 13.5. The van der Waals surface area contributed by atoms with E-state index in [2.05, 4.69) is 26.3 Å². The van der Waals surface area contributed by atoms with Gasteiger partial charge in [-0.05, 0) is 38.5 Å². The molecule has 1 aliphatic rings. The van der Waals surface area contributed by atoms with Crippen LogP contribution in [0, 0.1) is 25.7 Å². The number of aromatic nitrogens is 2. The van der Waals surface area contributed by atoms with Gasteiger partial charge in [0, 0.05) is 24.6 Å². The van der Waals surface area contributed by atoms with Crippen LogP contribution in [0.3, 0.4) is 0 Å². The minimum Gasteiger partial charge on any atom is -0.352 e. The lowest BCUT2D eigenvalue weighted by Gasteiger charge is -2.17. The van der Waals surface area contributed by atoms with Crippen LogP contribution in [0.2, 0.25) is 0 Å². The van der Waals surface area contributed by atoms with Crippen molar-refractivity contribution in [1.29, 1.82) is 0 Å². The Balaban J connectivity index is 1.98. The molecule has 1 fully saturated rings. The third kappa shape index (κ3) is 3.02. The van der Waals surface area contributed by atoms with Gasteiger partial charge in [-0.2, -0.15) is 5.10 Å². The average Bonchev–Trinajstić information content (AvgIpc) is 2.92. The number of alkyl halides is 1. The van der Waals surface area contributed by atoms with E-state index in [9.17, 15) is 4.79 Å². The van der Waals surface area contributed by atoms with Gasteiger partial charge >= 0.3 is 0 Å². The Labute approximate surface area is 123 Å². The number of carbonyl (C=O) groups excluding carboxylic acids is 1. The standard InChI is InChI=1S/C14H22BrN3O/c1-9-13(10(2)18(3)17-9)14(19)16-8-12-6-4-5-11(12)7-15/h11-12H,4-8H2,1-3H3,(H,16,19). The second kappa shape index (κ2) is 6.07. The van der Waals surface area contributed by atoms with E-state index in [-0.39, 0.29) is 5.91 Å². The normalized spacial score (nSPS) is 22.7. The number of nitrogens with one attached hydrogen (secondary N) is 1. The molecule has 0 saturated heterocycles. The molecule has 4 nitrogen and oxygen atoms in total. The summed E-state index contributed by atoms with van der Waals surface area (Å²) in [6.07, 6.45) is 3.78. The highest BCUT2D eigenvalue weighted by Gasteiger charge is 2.27. The van der Waals surface area contributed by atoms with E-state index in [4.69, 9.17) is 0 Å². The lowest BCUT2D eigenvalue weighted by atomic mass is 9.98. The maximum absolute atomic E-state index is 12.3. The highest BCUT2D eigenvalue weighted by Crippen LogP contribution is 2.32. The van der Waals surface area contributed by atoms with Crippen molar-refractivity contribution in [3.05, 3.63) is 17.0 Å². The average molecular weight is 328 g/mol. The van der Waals surface area contributed by atoms with Gasteiger partial charge in [-0.1, -0.05) is 22.4 Å². The fourth-order valence-corrected chi connectivity index (χ4v) is 3.85. The van der Waals surface area contributed by atoms with Crippen LogP contribution in [0.1, 0.15) is 41.0 Å². The number of hydrogen-bond acceptors (Lipinski definition) is 2. The molecule has 1 aromatic heterocycles. The van der Waals surface area contributed by atoms with Crippen molar-refractivity contribution in [1.82, 2.24) is 15.1 Å². The van der Waals surface area contributed by atoms with Gasteiger partial charge in [-0.25, -0.2) is 0 Å². The minimum absolute atomic E-state index is 0.0170. The number of aryl methyl sites for hydroxylation is 2. The number of rotatable bonds is 4. The van der Waals surface area contributed by atoms with Crippen LogP contribution in [-0.2, 0) is 7.05 Å². The summed E-state index contributed by atoms with van der Waals surface area (Å²) in [5, 5.41) is 8.42. The SMILES string of the molecule is Cc1nn(C)c(C)c1C(=O)NCC1CCCC1CBr.